The topological polar surface area (TPSA) is 93.5 Å². The number of halogens is 1. The molecule has 1 aliphatic heterocycles. The molecule has 0 saturated carbocycles. The first-order chi connectivity index (χ1) is 17.8. The molecule has 0 aliphatic carbocycles. The van der Waals surface area contributed by atoms with Crippen LogP contribution in [0.2, 0.25) is 0 Å². The Balaban J connectivity index is 1.40. The lowest BCUT2D eigenvalue weighted by Gasteiger charge is -2.26. The second kappa shape index (κ2) is 10.2. The van der Waals surface area contributed by atoms with Gasteiger partial charge in [0.05, 0.1) is 24.2 Å². The number of carbonyl (C=O) groups is 1. The molecule has 2 aromatic carbocycles. The van der Waals surface area contributed by atoms with E-state index in [2.05, 4.69) is 10.4 Å². The zero-order valence-electron chi connectivity index (χ0n) is 20.5. The molecule has 2 aromatic heterocycles. The summed E-state index contributed by atoms with van der Waals surface area (Å²) in [6.07, 6.45) is 2.65. The van der Waals surface area contributed by atoms with Crippen molar-refractivity contribution in [2.24, 2.45) is 0 Å². The van der Waals surface area contributed by atoms with Crippen LogP contribution < -0.4 is 10.1 Å². The van der Waals surface area contributed by atoms with E-state index in [1.54, 1.807) is 35.0 Å². The second-order valence-electron chi connectivity index (χ2n) is 8.98. The Morgan fingerprint density at radius 2 is 1.84 bits per heavy atom. The highest BCUT2D eigenvalue weighted by atomic mass is 32.2. The summed E-state index contributed by atoms with van der Waals surface area (Å²) in [7, 11) is -2.33. The van der Waals surface area contributed by atoms with E-state index in [1.807, 2.05) is 6.92 Å². The maximum atomic E-state index is 13.3. The number of carbonyl (C=O) groups excluding carboxylic acids is 1. The van der Waals surface area contributed by atoms with Crippen molar-refractivity contribution >= 4 is 43.2 Å². The van der Waals surface area contributed by atoms with Crippen LogP contribution in [0.25, 0.3) is 10.2 Å². The number of anilines is 1. The highest BCUT2D eigenvalue weighted by molar-refractivity contribution is 7.89. The number of rotatable bonds is 7. The average molecular weight is 543 g/mol. The number of benzene rings is 2. The molecule has 1 saturated heterocycles. The zero-order valence-corrected chi connectivity index (χ0v) is 22.2. The number of hydrogen-bond donors (Lipinski definition) is 1. The maximum Gasteiger partial charge on any atom is 0.265 e. The van der Waals surface area contributed by atoms with Crippen molar-refractivity contribution in [2.45, 2.75) is 37.6 Å². The van der Waals surface area contributed by atoms with E-state index in [0.29, 0.717) is 30.2 Å². The fourth-order valence-electron chi connectivity index (χ4n) is 4.49. The quantitative estimate of drug-likeness (QED) is 0.354. The first-order valence-corrected chi connectivity index (χ1v) is 14.2. The number of methoxy groups -OCH3 is 1. The summed E-state index contributed by atoms with van der Waals surface area (Å²) >= 11 is 1.30. The van der Waals surface area contributed by atoms with Crippen LogP contribution in [0.5, 0.6) is 5.75 Å². The Kier molecular flexibility index (Phi) is 7.02. The van der Waals surface area contributed by atoms with Gasteiger partial charge in [-0.25, -0.2) is 12.8 Å². The van der Waals surface area contributed by atoms with Crippen molar-refractivity contribution in [3.63, 3.8) is 0 Å². The summed E-state index contributed by atoms with van der Waals surface area (Å²) in [5.74, 6) is -0.409. The fourth-order valence-corrected chi connectivity index (χ4v) is 7.24. The van der Waals surface area contributed by atoms with Crippen LogP contribution in [0.3, 0.4) is 0 Å². The predicted molar refractivity (Wildman–Crippen MR) is 141 cm³/mol. The summed E-state index contributed by atoms with van der Waals surface area (Å²) in [5.41, 5.74) is 2.04. The summed E-state index contributed by atoms with van der Waals surface area (Å²) in [6.45, 7) is 3.26. The van der Waals surface area contributed by atoms with Crippen molar-refractivity contribution < 1.29 is 22.3 Å². The number of fused-ring (bicyclic) bond motifs is 1. The van der Waals surface area contributed by atoms with Gasteiger partial charge in [0.25, 0.3) is 5.91 Å². The van der Waals surface area contributed by atoms with Crippen molar-refractivity contribution in [1.82, 2.24) is 14.1 Å². The van der Waals surface area contributed by atoms with Gasteiger partial charge >= 0.3 is 0 Å². The van der Waals surface area contributed by atoms with E-state index in [4.69, 9.17) is 4.74 Å². The maximum absolute atomic E-state index is 13.3. The van der Waals surface area contributed by atoms with Gasteiger partial charge in [-0.05, 0) is 61.7 Å². The van der Waals surface area contributed by atoms with Crippen molar-refractivity contribution in [3.05, 3.63) is 70.5 Å². The van der Waals surface area contributed by atoms with E-state index >= 15 is 0 Å². The molecule has 1 fully saturated rings. The molecule has 1 aliphatic rings. The highest BCUT2D eigenvalue weighted by Gasteiger charge is 2.29. The van der Waals surface area contributed by atoms with E-state index in [1.165, 1.54) is 41.0 Å². The smallest absolute Gasteiger partial charge is 0.265 e. The monoisotopic (exact) mass is 542 g/mol. The van der Waals surface area contributed by atoms with Crippen molar-refractivity contribution in [3.8, 4) is 5.75 Å². The van der Waals surface area contributed by atoms with Gasteiger partial charge in [-0.1, -0.05) is 18.6 Å². The highest BCUT2D eigenvalue weighted by Crippen LogP contribution is 2.33. The number of nitrogens with zero attached hydrogens (tertiary/aromatic N) is 3. The lowest BCUT2D eigenvalue weighted by Crippen LogP contribution is -2.35. The molecule has 0 atom stereocenters. The largest absolute Gasteiger partial charge is 0.495 e. The molecule has 0 spiro atoms. The molecule has 1 amide bonds. The Labute approximate surface area is 218 Å². The van der Waals surface area contributed by atoms with Crippen LogP contribution in [-0.4, -0.2) is 48.6 Å². The normalized spacial score (nSPS) is 14.7. The molecule has 0 unspecified atom stereocenters. The Bertz CT molecular complexity index is 1560. The predicted octanol–water partition coefficient (Wildman–Crippen LogP) is 5.03. The molecule has 0 bridgehead atoms. The van der Waals surface area contributed by atoms with E-state index in [9.17, 15) is 17.6 Å². The fraction of sp³-hybridized carbons (Fsp3) is 0.308. The lowest BCUT2D eigenvalue weighted by molar-refractivity contribution is 0.103. The van der Waals surface area contributed by atoms with Gasteiger partial charge in [-0.15, -0.1) is 11.3 Å². The first kappa shape index (κ1) is 25.4. The van der Waals surface area contributed by atoms with Crippen LogP contribution in [0.1, 0.15) is 40.2 Å². The van der Waals surface area contributed by atoms with E-state index in [-0.39, 0.29) is 22.4 Å². The third kappa shape index (κ3) is 5.11. The minimum atomic E-state index is -3.76. The molecular formula is C26H27FN4O4S2. The van der Waals surface area contributed by atoms with Crippen molar-refractivity contribution in [1.29, 1.82) is 0 Å². The third-order valence-corrected chi connectivity index (χ3v) is 9.50. The molecule has 0 radical (unpaired) electrons. The minimum Gasteiger partial charge on any atom is -0.495 e. The molecule has 4 aromatic rings. The Morgan fingerprint density at radius 1 is 1.11 bits per heavy atom. The molecule has 8 nitrogen and oxygen atoms in total. The van der Waals surface area contributed by atoms with E-state index < -0.39 is 10.0 Å². The van der Waals surface area contributed by atoms with Gasteiger partial charge in [-0.3, -0.25) is 9.48 Å². The number of amides is 1. The number of nitrogens with one attached hydrogen (secondary N) is 1. The number of sulfonamides is 1. The Morgan fingerprint density at radius 3 is 2.54 bits per heavy atom. The van der Waals surface area contributed by atoms with Gasteiger partial charge in [0, 0.05) is 24.2 Å². The summed E-state index contributed by atoms with van der Waals surface area (Å²) < 4.78 is 48.5. The summed E-state index contributed by atoms with van der Waals surface area (Å²) in [6, 6.07) is 12.7. The van der Waals surface area contributed by atoms with Gasteiger partial charge in [-0.2, -0.15) is 9.40 Å². The van der Waals surface area contributed by atoms with Crippen molar-refractivity contribution in [2.75, 3.05) is 25.5 Å². The van der Waals surface area contributed by atoms with Gasteiger partial charge < -0.3 is 10.1 Å². The second-order valence-corrected chi connectivity index (χ2v) is 11.9. The molecule has 194 valence electrons. The molecular weight excluding hydrogens is 515 g/mol. The zero-order chi connectivity index (χ0) is 26.2. The van der Waals surface area contributed by atoms with Gasteiger partial charge in [0.15, 0.2) is 0 Å². The number of aromatic nitrogens is 2. The lowest BCUT2D eigenvalue weighted by atomic mass is 10.2. The van der Waals surface area contributed by atoms with Crippen LogP contribution in [0.4, 0.5) is 10.1 Å². The van der Waals surface area contributed by atoms with Gasteiger partial charge in [0.2, 0.25) is 10.0 Å². The third-order valence-electron chi connectivity index (χ3n) is 6.43. The molecule has 5 rings (SSSR count). The van der Waals surface area contributed by atoms with E-state index in [0.717, 1.165) is 40.7 Å². The van der Waals surface area contributed by atoms with Gasteiger partial charge in [0.1, 0.15) is 21.3 Å². The SMILES string of the molecule is COc1ccc(NC(=O)c2cc3c(C)nn(Cc4ccc(F)cc4)c3s2)cc1S(=O)(=O)N1CCCCC1. The van der Waals surface area contributed by atoms with Crippen LogP contribution >= 0.6 is 11.3 Å². The number of thiophene rings is 1. The number of aryl methyl sites for hydroxylation is 1. The Hall–Kier alpha value is -3.28. The summed E-state index contributed by atoms with van der Waals surface area (Å²) in [5, 5.41) is 8.26. The number of ether oxygens (including phenoxy) is 1. The molecule has 11 heteroatoms. The molecule has 1 N–H and O–H groups in total. The van der Waals surface area contributed by atoms with Crippen LogP contribution in [0.15, 0.2) is 53.4 Å². The summed E-state index contributed by atoms with van der Waals surface area (Å²) in [4.78, 5) is 14.5. The first-order valence-electron chi connectivity index (χ1n) is 12.0. The minimum absolute atomic E-state index is 0.0387. The standard InChI is InChI=1S/C26H27FN4O4S2/c1-17-21-15-23(36-26(21)31(29-17)16-18-6-8-19(27)9-7-18)25(32)28-20-10-11-22(35-2)24(14-20)37(33,34)30-12-4-3-5-13-30/h6-11,14-15H,3-5,12-13,16H2,1-2H3,(H,28,32). The average Bonchev–Trinajstić information content (AvgIpc) is 3.47. The van der Waals surface area contributed by atoms with Crippen LogP contribution in [0, 0.1) is 12.7 Å². The molecule has 3 heterocycles. The molecule has 37 heavy (non-hydrogen) atoms. The number of piperidine rings is 1. The van der Waals surface area contributed by atoms with Crippen LogP contribution in [-0.2, 0) is 16.6 Å². The number of hydrogen-bond acceptors (Lipinski definition) is 6.